The summed E-state index contributed by atoms with van der Waals surface area (Å²) in [6.07, 6.45) is 0.178. The maximum absolute atomic E-state index is 12.1. The SMILES string of the molecule is COCCNC(=O)C1CC(=O)N(c2ccc(C(=O)OC)cc2)C1. The lowest BCUT2D eigenvalue weighted by atomic mass is 10.1. The van der Waals surface area contributed by atoms with Crippen LogP contribution >= 0.6 is 0 Å². The van der Waals surface area contributed by atoms with E-state index in [0.717, 1.165) is 0 Å². The van der Waals surface area contributed by atoms with E-state index in [2.05, 4.69) is 10.1 Å². The molecule has 0 spiro atoms. The minimum Gasteiger partial charge on any atom is -0.465 e. The molecule has 7 heteroatoms. The molecular formula is C16H20N2O5. The van der Waals surface area contributed by atoms with Gasteiger partial charge in [0.15, 0.2) is 0 Å². The standard InChI is InChI=1S/C16H20N2O5/c1-22-8-7-17-15(20)12-9-14(19)18(10-12)13-5-3-11(4-6-13)16(21)23-2/h3-6,12H,7-10H2,1-2H3,(H,17,20). The van der Waals surface area contributed by atoms with Crippen molar-refractivity contribution in [2.45, 2.75) is 6.42 Å². The van der Waals surface area contributed by atoms with Crippen LogP contribution in [0.2, 0.25) is 0 Å². The molecule has 1 fully saturated rings. The first-order chi connectivity index (χ1) is 11.1. The molecule has 1 aliphatic heterocycles. The second kappa shape index (κ2) is 7.73. The topological polar surface area (TPSA) is 84.9 Å². The summed E-state index contributed by atoms with van der Waals surface area (Å²) in [4.78, 5) is 37.1. The van der Waals surface area contributed by atoms with Crippen LogP contribution < -0.4 is 10.2 Å². The molecule has 124 valence electrons. The first kappa shape index (κ1) is 17.0. The Morgan fingerprint density at radius 1 is 1.26 bits per heavy atom. The lowest BCUT2D eigenvalue weighted by Gasteiger charge is -2.17. The highest BCUT2D eigenvalue weighted by Crippen LogP contribution is 2.25. The summed E-state index contributed by atoms with van der Waals surface area (Å²) in [6.45, 7) is 1.19. The molecule has 0 bridgehead atoms. The molecule has 1 heterocycles. The van der Waals surface area contributed by atoms with Gasteiger partial charge in [-0.2, -0.15) is 0 Å². The van der Waals surface area contributed by atoms with Crippen LogP contribution in [0, 0.1) is 5.92 Å². The second-order valence-corrected chi connectivity index (χ2v) is 5.23. The number of nitrogens with zero attached hydrogens (tertiary/aromatic N) is 1. The average molecular weight is 320 g/mol. The van der Waals surface area contributed by atoms with Crippen molar-refractivity contribution in [2.24, 2.45) is 5.92 Å². The van der Waals surface area contributed by atoms with Gasteiger partial charge in [0.2, 0.25) is 11.8 Å². The summed E-state index contributed by atoms with van der Waals surface area (Å²) < 4.78 is 9.51. The summed E-state index contributed by atoms with van der Waals surface area (Å²) in [6, 6.07) is 6.55. The maximum Gasteiger partial charge on any atom is 0.337 e. The Balaban J connectivity index is 2.00. The molecule has 23 heavy (non-hydrogen) atoms. The zero-order valence-electron chi connectivity index (χ0n) is 13.2. The number of anilines is 1. The van der Waals surface area contributed by atoms with Crippen molar-refractivity contribution in [3.63, 3.8) is 0 Å². The second-order valence-electron chi connectivity index (χ2n) is 5.23. The molecule has 1 unspecified atom stereocenters. The zero-order valence-corrected chi connectivity index (χ0v) is 13.2. The third kappa shape index (κ3) is 4.07. The molecule has 7 nitrogen and oxygen atoms in total. The first-order valence-corrected chi connectivity index (χ1v) is 7.32. The van der Waals surface area contributed by atoms with E-state index < -0.39 is 5.97 Å². The van der Waals surface area contributed by atoms with Gasteiger partial charge < -0.3 is 19.7 Å². The largest absolute Gasteiger partial charge is 0.465 e. The monoisotopic (exact) mass is 320 g/mol. The summed E-state index contributed by atoms with van der Waals surface area (Å²) in [7, 11) is 2.87. The van der Waals surface area contributed by atoms with E-state index in [1.165, 1.54) is 7.11 Å². The zero-order chi connectivity index (χ0) is 16.8. The van der Waals surface area contributed by atoms with Crippen molar-refractivity contribution in [1.82, 2.24) is 5.32 Å². The molecule has 1 atom stereocenters. The number of carbonyl (C=O) groups is 3. The Morgan fingerprint density at radius 3 is 2.57 bits per heavy atom. The number of benzene rings is 1. The molecular weight excluding hydrogens is 300 g/mol. The predicted octanol–water partition coefficient (Wildman–Crippen LogP) is 0.589. The van der Waals surface area contributed by atoms with E-state index >= 15 is 0 Å². The van der Waals surface area contributed by atoms with Gasteiger partial charge in [0.25, 0.3) is 0 Å². The third-order valence-electron chi connectivity index (χ3n) is 3.70. The molecule has 1 aliphatic rings. The minimum atomic E-state index is -0.431. The van der Waals surface area contributed by atoms with Crippen LogP contribution in [0.15, 0.2) is 24.3 Å². The third-order valence-corrected chi connectivity index (χ3v) is 3.70. The van der Waals surface area contributed by atoms with Crippen molar-refractivity contribution in [3.8, 4) is 0 Å². The van der Waals surface area contributed by atoms with E-state index in [-0.39, 0.29) is 24.2 Å². The summed E-state index contributed by atoms with van der Waals surface area (Å²) >= 11 is 0. The highest BCUT2D eigenvalue weighted by molar-refractivity contribution is 6.00. The fourth-order valence-electron chi connectivity index (χ4n) is 2.45. The Morgan fingerprint density at radius 2 is 1.96 bits per heavy atom. The molecule has 0 aromatic heterocycles. The first-order valence-electron chi connectivity index (χ1n) is 7.32. The van der Waals surface area contributed by atoms with Gasteiger partial charge in [-0.15, -0.1) is 0 Å². The molecule has 0 saturated carbocycles. The molecule has 0 aliphatic carbocycles. The Hall–Kier alpha value is -2.41. The summed E-state index contributed by atoms with van der Waals surface area (Å²) in [5.74, 6) is -1.06. The lowest BCUT2D eigenvalue weighted by Crippen LogP contribution is -2.34. The van der Waals surface area contributed by atoms with Crippen LogP contribution in [0.5, 0.6) is 0 Å². The predicted molar refractivity (Wildman–Crippen MR) is 83.1 cm³/mol. The van der Waals surface area contributed by atoms with E-state index in [0.29, 0.717) is 30.9 Å². The highest BCUT2D eigenvalue weighted by Gasteiger charge is 2.34. The Kier molecular flexibility index (Phi) is 5.70. The van der Waals surface area contributed by atoms with Crippen LogP contribution in [0.3, 0.4) is 0 Å². The summed E-state index contributed by atoms with van der Waals surface area (Å²) in [5.41, 5.74) is 1.08. The number of ether oxygens (including phenoxy) is 2. The Labute approximate surface area is 134 Å². The van der Waals surface area contributed by atoms with Gasteiger partial charge in [-0.3, -0.25) is 9.59 Å². The van der Waals surface area contributed by atoms with Crippen molar-refractivity contribution >= 4 is 23.5 Å². The van der Waals surface area contributed by atoms with Crippen molar-refractivity contribution < 1.29 is 23.9 Å². The van der Waals surface area contributed by atoms with Gasteiger partial charge in [0.1, 0.15) is 0 Å². The van der Waals surface area contributed by atoms with Crippen LogP contribution in [-0.4, -0.2) is 51.7 Å². The molecule has 1 saturated heterocycles. The quantitative estimate of drug-likeness (QED) is 0.612. The van der Waals surface area contributed by atoms with Crippen molar-refractivity contribution in [1.29, 1.82) is 0 Å². The van der Waals surface area contributed by atoms with Gasteiger partial charge in [0, 0.05) is 32.3 Å². The molecule has 1 aromatic carbocycles. The van der Waals surface area contributed by atoms with Crippen molar-refractivity contribution in [3.05, 3.63) is 29.8 Å². The van der Waals surface area contributed by atoms with Crippen LogP contribution in [0.25, 0.3) is 0 Å². The minimum absolute atomic E-state index is 0.109. The maximum atomic E-state index is 12.1. The number of nitrogens with one attached hydrogen (secondary N) is 1. The van der Waals surface area contributed by atoms with E-state index in [4.69, 9.17) is 4.74 Å². The van der Waals surface area contributed by atoms with Crippen LogP contribution in [-0.2, 0) is 19.1 Å². The number of esters is 1. The van der Waals surface area contributed by atoms with Crippen molar-refractivity contribution in [2.75, 3.05) is 38.8 Å². The van der Waals surface area contributed by atoms with E-state index in [1.54, 1.807) is 36.3 Å². The molecule has 1 N–H and O–H groups in total. The van der Waals surface area contributed by atoms with E-state index in [1.807, 2.05) is 0 Å². The fraction of sp³-hybridized carbons (Fsp3) is 0.438. The number of amides is 2. The molecule has 2 amide bonds. The molecule has 0 radical (unpaired) electrons. The molecule has 2 rings (SSSR count). The van der Waals surface area contributed by atoms with Gasteiger partial charge in [-0.25, -0.2) is 4.79 Å². The van der Waals surface area contributed by atoms with Crippen LogP contribution in [0.4, 0.5) is 5.69 Å². The fourth-order valence-corrected chi connectivity index (χ4v) is 2.45. The van der Waals surface area contributed by atoms with Gasteiger partial charge in [-0.1, -0.05) is 0 Å². The number of hydrogen-bond donors (Lipinski definition) is 1. The normalized spacial score (nSPS) is 17.2. The van der Waals surface area contributed by atoms with Crippen LogP contribution in [0.1, 0.15) is 16.8 Å². The highest BCUT2D eigenvalue weighted by atomic mass is 16.5. The number of hydrogen-bond acceptors (Lipinski definition) is 5. The number of methoxy groups -OCH3 is 2. The smallest absolute Gasteiger partial charge is 0.337 e. The number of carbonyl (C=O) groups excluding carboxylic acids is 3. The van der Waals surface area contributed by atoms with E-state index in [9.17, 15) is 14.4 Å². The molecule has 1 aromatic rings. The van der Waals surface area contributed by atoms with Gasteiger partial charge >= 0.3 is 5.97 Å². The average Bonchev–Trinajstić information content (AvgIpc) is 2.96. The van der Waals surface area contributed by atoms with Gasteiger partial charge in [0.05, 0.1) is 25.2 Å². The summed E-state index contributed by atoms with van der Waals surface area (Å²) in [5, 5.41) is 2.75. The lowest BCUT2D eigenvalue weighted by molar-refractivity contribution is -0.126. The number of rotatable bonds is 6. The Bertz CT molecular complexity index is 585. The van der Waals surface area contributed by atoms with Gasteiger partial charge in [-0.05, 0) is 24.3 Å².